The number of hydrogen-bond donors (Lipinski definition) is 3. The van der Waals surface area contributed by atoms with Crippen LogP contribution in [0.5, 0.6) is 0 Å². The van der Waals surface area contributed by atoms with Crippen molar-refractivity contribution in [1.29, 1.82) is 0 Å². The summed E-state index contributed by atoms with van der Waals surface area (Å²) in [6.07, 6.45) is 6.32. The van der Waals surface area contributed by atoms with Crippen molar-refractivity contribution in [2.75, 3.05) is 12.8 Å². The number of hydrogen-bond acceptors (Lipinski definition) is 4. The molecule has 1 saturated carbocycles. The third-order valence-corrected chi connectivity index (χ3v) is 4.27. The van der Waals surface area contributed by atoms with Crippen molar-refractivity contribution in [3.8, 4) is 0 Å². The lowest BCUT2D eigenvalue weighted by molar-refractivity contribution is -0.139. The highest BCUT2D eigenvalue weighted by molar-refractivity contribution is 7.99. The first kappa shape index (κ1) is 15.2. The van der Waals surface area contributed by atoms with Gasteiger partial charge in [-0.2, -0.15) is 11.8 Å². The van der Waals surface area contributed by atoms with Crippen LogP contribution < -0.4 is 16.4 Å². The SMILES string of the molecule is CSC1CCCCC1NC(=O)C(=O)NCC(N)=S. The number of thioether (sulfide) groups is 1. The van der Waals surface area contributed by atoms with Gasteiger partial charge in [-0.3, -0.25) is 9.59 Å². The first-order valence-electron chi connectivity index (χ1n) is 5.94. The van der Waals surface area contributed by atoms with E-state index < -0.39 is 11.8 Å². The zero-order chi connectivity index (χ0) is 13.5. The maximum absolute atomic E-state index is 11.7. The average molecular weight is 289 g/mol. The average Bonchev–Trinajstić information content (AvgIpc) is 2.36. The van der Waals surface area contributed by atoms with E-state index >= 15 is 0 Å². The number of amides is 2. The van der Waals surface area contributed by atoms with Crippen LogP contribution in [-0.2, 0) is 9.59 Å². The number of carbonyl (C=O) groups excluding carboxylic acids is 2. The van der Waals surface area contributed by atoms with Gasteiger partial charge >= 0.3 is 11.8 Å². The highest BCUT2D eigenvalue weighted by Crippen LogP contribution is 2.26. The molecule has 1 aliphatic rings. The summed E-state index contributed by atoms with van der Waals surface area (Å²) in [5, 5.41) is 5.56. The fourth-order valence-corrected chi connectivity index (χ4v) is 3.03. The molecule has 7 heteroatoms. The fourth-order valence-electron chi connectivity index (χ4n) is 2.03. The van der Waals surface area contributed by atoms with Crippen molar-refractivity contribution in [2.45, 2.75) is 37.0 Å². The Bertz CT molecular complexity index is 336. The van der Waals surface area contributed by atoms with Gasteiger partial charge in [0.15, 0.2) is 0 Å². The van der Waals surface area contributed by atoms with Crippen molar-refractivity contribution in [2.24, 2.45) is 5.73 Å². The predicted molar refractivity (Wildman–Crippen MR) is 77.5 cm³/mol. The highest BCUT2D eigenvalue weighted by Gasteiger charge is 2.27. The van der Waals surface area contributed by atoms with E-state index in [-0.39, 0.29) is 17.6 Å². The lowest BCUT2D eigenvalue weighted by atomic mass is 9.95. The Kier molecular flexibility index (Phi) is 6.42. The quantitative estimate of drug-likeness (QED) is 0.508. The topological polar surface area (TPSA) is 84.2 Å². The molecule has 0 aromatic rings. The minimum atomic E-state index is -0.673. The molecule has 0 aliphatic heterocycles. The molecular weight excluding hydrogens is 270 g/mol. The molecule has 0 heterocycles. The van der Waals surface area contributed by atoms with Crippen LogP contribution in [0.15, 0.2) is 0 Å². The van der Waals surface area contributed by atoms with Crippen LogP contribution in [0.1, 0.15) is 25.7 Å². The van der Waals surface area contributed by atoms with Crippen molar-refractivity contribution < 1.29 is 9.59 Å². The molecule has 102 valence electrons. The van der Waals surface area contributed by atoms with Gasteiger partial charge in [-0.25, -0.2) is 0 Å². The highest BCUT2D eigenvalue weighted by atomic mass is 32.2. The van der Waals surface area contributed by atoms with Gasteiger partial charge < -0.3 is 16.4 Å². The van der Waals surface area contributed by atoms with E-state index in [0.717, 1.165) is 19.3 Å². The first-order valence-corrected chi connectivity index (χ1v) is 7.64. The van der Waals surface area contributed by atoms with E-state index in [0.29, 0.717) is 5.25 Å². The second-order valence-corrected chi connectivity index (χ2v) is 5.89. The molecule has 1 aliphatic carbocycles. The third-order valence-electron chi connectivity index (χ3n) is 2.95. The van der Waals surface area contributed by atoms with Crippen molar-refractivity contribution in [1.82, 2.24) is 10.6 Å². The largest absolute Gasteiger partial charge is 0.392 e. The lowest BCUT2D eigenvalue weighted by Crippen LogP contribution is -2.50. The van der Waals surface area contributed by atoms with Gasteiger partial charge in [-0.15, -0.1) is 0 Å². The molecule has 5 nitrogen and oxygen atoms in total. The van der Waals surface area contributed by atoms with Gasteiger partial charge in [0.05, 0.1) is 11.5 Å². The summed E-state index contributed by atoms with van der Waals surface area (Å²) in [6, 6.07) is 0.0804. The first-order chi connectivity index (χ1) is 8.54. The van der Waals surface area contributed by atoms with Crippen molar-refractivity contribution >= 4 is 40.8 Å². The van der Waals surface area contributed by atoms with Crippen LogP contribution in [0, 0.1) is 0 Å². The molecule has 4 N–H and O–H groups in total. The minimum Gasteiger partial charge on any atom is -0.392 e. The summed E-state index contributed by atoms with van der Waals surface area (Å²) in [5.41, 5.74) is 5.25. The zero-order valence-corrected chi connectivity index (χ0v) is 12.0. The van der Waals surface area contributed by atoms with E-state index in [1.54, 1.807) is 11.8 Å². The Labute approximate surface area is 117 Å². The molecule has 1 rings (SSSR count). The maximum atomic E-state index is 11.7. The van der Waals surface area contributed by atoms with Crippen LogP contribution in [-0.4, -0.2) is 40.9 Å². The van der Waals surface area contributed by atoms with Crippen molar-refractivity contribution in [3.05, 3.63) is 0 Å². The van der Waals surface area contributed by atoms with E-state index in [1.165, 1.54) is 6.42 Å². The third kappa shape index (κ3) is 4.81. The van der Waals surface area contributed by atoms with E-state index in [4.69, 9.17) is 5.73 Å². The summed E-state index contributed by atoms with van der Waals surface area (Å²) >= 11 is 6.37. The maximum Gasteiger partial charge on any atom is 0.309 e. The molecule has 1 fully saturated rings. The number of rotatable bonds is 4. The second kappa shape index (κ2) is 7.58. The van der Waals surface area contributed by atoms with Gasteiger partial charge in [-0.1, -0.05) is 25.1 Å². The van der Waals surface area contributed by atoms with E-state index in [1.807, 2.05) is 6.26 Å². The molecule has 0 aromatic heterocycles. The predicted octanol–water partition coefficient (Wildman–Crippen LogP) is 0.179. The fraction of sp³-hybridized carbons (Fsp3) is 0.727. The Morgan fingerprint density at radius 1 is 1.33 bits per heavy atom. The molecule has 0 spiro atoms. The summed E-state index contributed by atoms with van der Waals surface area (Å²) in [4.78, 5) is 23.3. The normalized spacial score (nSPS) is 23.2. The smallest absolute Gasteiger partial charge is 0.309 e. The molecule has 2 amide bonds. The zero-order valence-electron chi connectivity index (χ0n) is 10.4. The van der Waals surface area contributed by atoms with Gasteiger partial charge in [0.25, 0.3) is 0 Å². The Hall–Kier alpha value is -0.820. The number of carbonyl (C=O) groups is 2. The van der Waals surface area contributed by atoms with Crippen LogP contribution in [0.4, 0.5) is 0 Å². The molecule has 2 atom stereocenters. The minimum absolute atomic E-state index is 0.0538. The molecule has 2 unspecified atom stereocenters. The lowest BCUT2D eigenvalue weighted by Gasteiger charge is -2.30. The number of nitrogens with two attached hydrogens (primary N) is 1. The van der Waals surface area contributed by atoms with E-state index in [9.17, 15) is 9.59 Å². The van der Waals surface area contributed by atoms with Crippen LogP contribution >= 0.6 is 24.0 Å². The van der Waals surface area contributed by atoms with E-state index in [2.05, 4.69) is 22.9 Å². The Morgan fingerprint density at radius 2 is 2.00 bits per heavy atom. The summed E-state index contributed by atoms with van der Waals surface area (Å²) < 4.78 is 0. The molecular formula is C11H19N3O2S2. The van der Waals surface area contributed by atoms with Gasteiger partial charge in [0.1, 0.15) is 0 Å². The number of thiocarbonyl (C=S) groups is 1. The summed E-state index contributed by atoms with van der Waals surface area (Å²) in [6.45, 7) is 0.0538. The summed E-state index contributed by atoms with van der Waals surface area (Å²) in [7, 11) is 0. The monoisotopic (exact) mass is 289 g/mol. The van der Waals surface area contributed by atoms with Crippen molar-refractivity contribution in [3.63, 3.8) is 0 Å². The molecule has 0 aromatic carbocycles. The van der Waals surface area contributed by atoms with Gasteiger partial charge in [0, 0.05) is 11.3 Å². The Balaban J connectivity index is 2.42. The summed E-state index contributed by atoms with van der Waals surface area (Å²) in [5.74, 6) is -1.27. The molecule has 0 saturated heterocycles. The number of nitrogens with one attached hydrogen (secondary N) is 2. The molecule has 0 radical (unpaired) electrons. The molecule has 0 bridgehead atoms. The van der Waals surface area contributed by atoms with Gasteiger partial charge in [0.2, 0.25) is 0 Å². The van der Waals surface area contributed by atoms with Gasteiger partial charge in [-0.05, 0) is 19.1 Å². The van der Waals surface area contributed by atoms with Crippen LogP contribution in [0.2, 0.25) is 0 Å². The molecule has 18 heavy (non-hydrogen) atoms. The second-order valence-electron chi connectivity index (χ2n) is 4.29. The Morgan fingerprint density at radius 3 is 2.61 bits per heavy atom. The van der Waals surface area contributed by atoms with Crippen LogP contribution in [0.25, 0.3) is 0 Å². The van der Waals surface area contributed by atoms with Crippen LogP contribution in [0.3, 0.4) is 0 Å². The standard InChI is InChI=1S/C11H19N3O2S2/c1-18-8-5-3-2-4-7(8)14-11(16)10(15)13-6-9(12)17/h7-8H,2-6H2,1H3,(H2,12,17)(H,13,15)(H,14,16).